The van der Waals surface area contributed by atoms with E-state index in [1.807, 2.05) is 12.1 Å². The van der Waals surface area contributed by atoms with Gasteiger partial charge in [0.25, 0.3) is 0 Å². The fourth-order valence-corrected chi connectivity index (χ4v) is 2.88. The summed E-state index contributed by atoms with van der Waals surface area (Å²) in [6, 6.07) is 3.87. The summed E-state index contributed by atoms with van der Waals surface area (Å²) in [5.41, 5.74) is 0. The molecule has 1 fully saturated rings. The van der Waals surface area contributed by atoms with Gasteiger partial charge < -0.3 is 5.32 Å². The van der Waals surface area contributed by atoms with Gasteiger partial charge in [0.15, 0.2) is 6.29 Å². The van der Waals surface area contributed by atoms with Crippen LogP contribution >= 0.6 is 11.3 Å². The van der Waals surface area contributed by atoms with Gasteiger partial charge in [-0.1, -0.05) is 19.3 Å². The molecule has 1 aliphatic rings. The number of aldehydes is 1. The first-order valence-corrected chi connectivity index (χ1v) is 6.49. The number of carbonyl (C=O) groups is 1. The minimum atomic E-state index is 0.807. The molecule has 1 aromatic rings. The van der Waals surface area contributed by atoms with Gasteiger partial charge >= 0.3 is 0 Å². The number of carbonyl (C=O) groups excluding carboxylic acids is 1. The highest BCUT2D eigenvalue weighted by atomic mass is 32.1. The molecular formula is C12H17NOS. The molecule has 2 rings (SSSR count). The molecule has 3 heteroatoms. The summed E-state index contributed by atoms with van der Waals surface area (Å²) in [4.78, 5) is 11.3. The van der Waals surface area contributed by atoms with Crippen molar-refractivity contribution in [1.29, 1.82) is 0 Å². The molecule has 1 saturated carbocycles. The second-order valence-electron chi connectivity index (χ2n) is 4.20. The number of rotatable bonds is 4. The molecule has 15 heavy (non-hydrogen) atoms. The molecule has 0 atom stereocenters. The third-order valence-electron chi connectivity index (χ3n) is 3.03. The molecule has 82 valence electrons. The maximum absolute atomic E-state index is 10.5. The highest BCUT2D eigenvalue weighted by Gasteiger charge is 2.12. The van der Waals surface area contributed by atoms with E-state index < -0.39 is 0 Å². The summed E-state index contributed by atoms with van der Waals surface area (Å²) in [5, 5.41) is 4.56. The molecule has 0 aromatic carbocycles. The van der Waals surface area contributed by atoms with E-state index in [0.717, 1.165) is 28.6 Å². The zero-order valence-corrected chi connectivity index (χ0v) is 9.69. The van der Waals surface area contributed by atoms with E-state index in [4.69, 9.17) is 0 Å². The van der Waals surface area contributed by atoms with Crippen molar-refractivity contribution in [1.82, 2.24) is 0 Å². The van der Waals surface area contributed by atoms with Crippen LogP contribution in [0.3, 0.4) is 0 Å². The monoisotopic (exact) mass is 223 g/mol. The molecule has 1 aromatic heterocycles. The Hall–Kier alpha value is -0.830. The first-order chi connectivity index (χ1) is 7.38. The van der Waals surface area contributed by atoms with Crippen molar-refractivity contribution >= 4 is 22.6 Å². The lowest BCUT2D eigenvalue weighted by atomic mass is 9.89. The summed E-state index contributed by atoms with van der Waals surface area (Å²) in [6.07, 6.45) is 7.81. The number of nitrogens with one attached hydrogen (secondary N) is 1. The average molecular weight is 223 g/mol. The van der Waals surface area contributed by atoms with Crippen LogP contribution in [0.5, 0.6) is 0 Å². The van der Waals surface area contributed by atoms with Crippen molar-refractivity contribution in [2.24, 2.45) is 5.92 Å². The van der Waals surface area contributed by atoms with Crippen LogP contribution in [0, 0.1) is 5.92 Å². The Balaban J connectivity index is 1.79. The van der Waals surface area contributed by atoms with Crippen LogP contribution in [-0.4, -0.2) is 12.8 Å². The van der Waals surface area contributed by atoms with Gasteiger partial charge in [0, 0.05) is 6.54 Å². The number of hydrogen-bond acceptors (Lipinski definition) is 3. The fraction of sp³-hybridized carbons (Fsp3) is 0.583. The molecule has 0 aliphatic heterocycles. The minimum Gasteiger partial charge on any atom is -0.377 e. The molecule has 0 unspecified atom stereocenters. The van der Waals surface area contributed by atoms with Crippen molar-refractivity contribution in [2.75, 3.05) is 11.9 Å². The Kier molecular flexibility index (Phi) is 3.78. The van der Waals surface area contributed by atoms with Gasteiger partial charge in [0.1, 0.15) is 0 Å². The van der Waals surface area contributed by atoms with Crippen LogP contribution in [0.4, 0.5) is 5.00 Å². The summed E-state index contributed by atoms with van der Waals surface area (Å²) in [6.45, 7) is 1.07. The lowest BCUT2D eigenvalue weighted by Crippen LogP contribution is -2.16. The normalized spacial score (nSPS) is 17.6. The van der Waals surface area contributed by atoms with Crippen molar-refractivity contribution < 1.29 is 4.79 Å². The van der Waals surface area contributed by atoms with Gasteiger partial charge in [0.05, 0.1) is 9.88 Å². The van der Waals surface area contributed by atoms with Crippen LogP contribution in [0.25, 0.3) is 0 Å². The van der Waals surface area contributed by atoms with Crippen LogP contribution in [0.1, 0.15) is 41.8 Å². The second-order valence-corrected chi connectivity index (χ2v) is 5.32. The highest BCUT2D eigenvalue weighted by Crippen LogP contribution is 2.25. The third kappa shape index (κ3) is 3.06. The zero-order valence-electron chi connectivity index (χ0n) is 8.87. The largest absolute Gasteiger partial charge is 0.377 e. The molecule has 0 bridgehead atoms. The summed E-state index contributed by atoms with van der Waals surface area (Å²) >= 11 is 1.54. The molecule has 0 amide bonds. The highest BCUT2D eigenvalue weighted by molar-refractivity contribution is 7.17. The molecule has 0 spiro atoms. The average Bonchev–Trinajstić information content (AvgIpc) is 2.76. The van der Waals surface area contributed by atoms with Gasteiger partial charge in [-0.05, 0) is 30.9 Å². The first kappa shape index (κ1) is 10.7. The molecule has 1 heterocycles. The molecule has 0 radical (unpaired) electrons. The quantitative estimate of drug-likeness (QED) is 0.791. The van der Waals surface area contributed by atoms with Crippen LogP contribution in [-0.2, 0) is 0 Å². The van der Waals surface area contributed by atoms with E-state index in [2.05, 4.69) is 5.32 Å². The van der Waals surface area contributed by atoms with Gasteiger partial charge in [0.2, 0.25) is 0 Å². The SMILES string of the molecule is O=Cc1ccc(NCC2CCCCC2)s1. The lowest BCUT2D eigenvalue weighted by molar-refractivity contribution is 0.112. The van der Waals surface area contributed by atoms with E-state index >= 15 is 0 Å². The van der Waals surface area contributed by atoms with Gasteiger partial charge in [-0.3, -0.25) is 4.79 Å². The predicted octanol–water partition coefficient (Wildman–Crippen LogP) is 3.55. The maximum atomic E-state index is 10.5. The Morgan fingerprint density at radius 3 is 2.80 bits per heavy atom. The van der Waals surface area contributed by atoms with Crippen LogP contribution in [0.2, 0.25) is 0 Å². The number of anilines is 1. The fourth-order valence-electron chi connectivity index (χ4n) is 2.15. The van der Waals surface area contributed by atoms with Gasteiger partial charge in [-0.2, -0.15) is 0 Å². The Morgan fingerprint density at radius 1 is 1.33 bits per heavy atom. The molecule has 0 saturated heterocycles. The van der Waals surface area contributed by atoms with Crippen molar-refractivity contribution in [2.45, 2.75) is 32.1 Å². The molecule has 2 nitrogen and oxygen atoms in total. The molecular weight excluding hydrogens is 206 g/mol. The smallest absolute Gasteiger partial charge is 0.160 e. The number of hydrogen-bond donors (Lipinski definition) is 1. The summed E-state index contributed by atoms with van der Waals surface area (Å²) < 4.78 is 0. The van der Waals surface area contributed by atoms with Crippen molar-refractivity contribution in [3.8, 4) is 0 Å². The van der Waals surface area contributed by atoms with Crippen LogP contribution in [0.15, 0.2) is 12.1 Å². The van der Waals surface area contributed by atoms with E-state index in [9.17, 15) is 4.79 Å². The zero-order chi connectivity index (χ0) is 10.5. The van der Waals surface area contributed by atoms with E-state index in [1.165, 1.54) is 32.1 Å². The van der Waals surface area contributed by atoms with Crippen LogP contribution < -0.4 is 5.32 Å². The molecule has 1 N–H and O–H groups in total. The molecule has 1 aliphatic carbocycles. The Morgan fingerprint density at radius 2 is 2.13 bits per heavy atom. The van der Waals surface area contributed by atoms with Gasteiger partial charge in [-0.15, -0.1) is 11.3 Å². The van der Waals surface area contributed by atoms with E-state index in [0.29, 0.717) is 0 Å². The van der Waals surface area contributed by atoms with Gasteiger partial charge in [-0.25, -0.2) is 0 Å². The topological polar surface area (TPSA) is 29.1 Å². The predicted molar refractivity (Wildman–Crippen MR) is 64.8 cm³/mol. The van der Waals surface area contributed by atoms with Crippen molar-refractivity contribution in [3.05, 3.63) is 17.0 Å². The maximum Gasteiger partial charge on any atom is 0.160 e. The van der Waals surface area contributed by atoms with E-state index in [-0.39, 0.29) is 0 Å². The van der Waals surface area contributed by atoms with E-state index in [1.54, 1.807) is 11.3 Å². The Labute approximate surface area is 94.7 Å². The Bertz CT molecular complexity index is 315. The van der Waals surface area contributed by atoms with Crippen molar-refractivity contribution in [3.63, 3.8) is 0 Å². The third-order valence-corrected chi connectivity index (χ3v) is 4.00. The number of thiophene rings is 1. The minimum absolute atomic E-state index is 0.807. The summed E-state index contributed by atoms with van der Waals surface area (Å²) in [5.74, 6) is 0.834. The second kappa shape index (κ2) is 5.31. The summed E-state index contributed by atoms with van der Waals surface area (Å²) in [7, 11) is 0. The standard InChI is InChI=1S/C12H17NOS/c14-9-11-6-7-12(15-11)13-8-10-4-2-1-3-5-10/h6-7,9-10,13H,1-5,8H2. The first-order valence-electron chi connectivity index (χ1n) is 5.67. The lowest BCUT2D eigenvalue weighted by Gasteiger charge is -2.21.